The van der Waals surface area contributed by atoms with E-state index in [2.05, 4.69) is 44.0 Å². The summed E-state index contributed by atoms with van der Waals surface area (Å²) in [6.45, 7) is 10.8. The number of para-hydroxylation sites is 1. The highest BCUT2D eigenvalue weighted by Crippen LogP contribution is 2.28. The Morgan fingerprint density at radius 3 is 2.73 bits per heavy atom. The van der Waals surface area contributed by atoms with Crippen LogP contribution in [0.1, 0.15) is 45.6 Å². The fourth-order valence-electron chi connectivity index (χ4n) is 3.13. The van der Waals surface area contributed by atoms with E-state index in [0.29, 0.717) is 12.5 Å². The van der Waals surface area contributed by atoms with Crippen LogP contribution in [0.25, 0.3) is 0 Å². The van der Waals surface area contributed by atoms with Crippen LogP contribution in [-0.2, 0) is 4.79 Å². The van der Waals surface area contributed by atoms with Gasteiger partial charge in [-0.05, 0) is 29.4 Å². The molecule has 3 N–H and O–H groups in total. The van der Waals surface area contributed by atoms with Crippen molar-refractivity contribution in [2.24, 2.45) is 11.1 Å². The zero-order chi connectivity index (χ0) is 16.3. The van der Waals surface area contributed by atoms with E-state index in [0.717, 1.165) is 25.2 Å². The summed E-state index contributed by atoms with van der Waals surface area (Å²) in [6, 6.07) is 8.24. The van der Waals surface area contributed by atoms with E-state index in [9.17, 15) is 4.79 Å². The first kappa shape index (κ1) is 17.0. The molecular formula is C18H29N3O. The number of hydrogen-bond donors (Lipinski definition) is 2. The predicted octanol–water partition coefficient (Wildman–Crippen LogP) is 2.81. The fraction of sp³-hybridized carbons (Fsp3) is 0.611. The maximum Gasteiger partial charge on any atom is 0.238 e. The summed E-state index contributed by atoms with van der Waals surface area (Å²) < 4.78 is 0. The average Bonchev–Trinajstić information content (AvgIpc) is 2.43. The number of piperidine rings is 1. The van der Waals surface area contributed by atoms with Gasteiger partial charge in [0.25, 0.3) is 0 Å². The molecule has 4 nitrogen and oxygen atoms in total. The summed E-state index contributed by atoms with van der Waals surface area (Å²) in [6.07, 6.45) is 0.947. The van der Waals surface area contributed by atoms with Gasteiger partial charge in [-0.1, -0.05) is 45.9 Å². The lowest BCUT2D eigenvalue weighted by Gasteiger charge is -2.42. The van der Waals surface area contributed by atoms with Gasteiger partial charge in [0.1, 0.15) is 0 Å². The normalized spacial score (nSPS) is 21.8. The van der Waals surface area contributed by atoms with Gasteiger partial charge in [-0.3, -0.25) is 9.69 Å². The summed E-state index contributed by atoms with van der Waals surface area (Å²) in [4.78, 5) is 14.6. The second kappa shape index (κ2) is 6.80. The summed E-state index contributed by atoms with van der Waals surface area (Å²) >= 11 is 0. The Hall–Kier alpha value is -1.39. The summed E-state index contributed by atoms with van der Waals surface area (Å²) in [5, 5.41) is 3.07. The van der Waals surface area contributed by atoms with Crippen molar-refractivity contribution in [2.75, 3.05) is 25.0 Å². The van der Waals surface area contributed by atoms with Crippen LogP contribution < -0.4 is 11.1 Å². The zero-order valence-electron chi connectivity index (χ0n) is 14.2. The third-order valence-corrected chi connectivity index (χ3v) is 4.62. The van der Waals surface area contributed by atoms with Gasteiger partial charge in [-0.25, -0.2) is 0 Å². The molecule has 0 radical (unpaired) electrons. The summed E-state index contributed by atoms with van der Waals surface area (Å²) in [7, 11) is 0. The monoisotopic (exact) mass is 303 g/mol. The molecule has 1 fully saturated rings. The lowest BCUT2D eigenvalue weighted by atomic mass is 9.80. The van der Waals surface area contributed by atoms with Crippen LogP contribution in [0, 0.1) is 5.41 Å². The second-order valence-electron chi connectivity index (χ2n) is 7.38. The molecule has 1 unspecified atom stereocenters. The molecule has 1 saturated heterocycles. The Morgan fingerprint density at radius 2 is 2.09 bits per heavy atom. The standard InChI is InChI=1S/C18H29N3O/c1-13(2)14-7-5-6-8-15(14)20-17(22)11-21-10-9-16(19)18(3,4)12-21/h5-8,13,16H,9-12,19H2,1-4H3,(H,20,22). The number of nitrogens with two attached hydrogens (primary N) is 1. The molecule has 0 aromatic heterocycles. The van der Waals surface area contributed by atoms with Crippen molar-refractivity contribution in [2.45, 2.75) is 46.1 Å². The topological polar surface area (TPSA) is 58.4 Å². The van der Waals surface area contributed by atoms with Gasteiger partial charge >= 0.3 is 0 Å². The van der Waals surface area contributed by atoms with Crippen molar-refractivity contribution < 1.29 is 4.79 Å². The van der Waals surface area contributed by atoms with Crippen LogP contribution in [0.2, 0.25) is 0 Å². The Balaban J connectivity index is 1.97. The first-order chi connectivity index (χ1) is 10.3. The van der Waals surface area contributed by atoms with Crippen LogP contribution >= 0.6 is 0 Å². The van der Waals surface area contributed by atoms with Gasteiger partial charge in [0.05, 0.1) is 6.54 Å². The van der Waals surface area contributed by atoms with Gasteiger partial charge in [0.15, 0.2) is 0 Å². The molecule has 22 heavy (non-hydrogen) atoms. The van der Waals surface area contributed by atoms with Gasteiger partial charge in [0.2, 0.25) is 5.91 Å². The highest BCUT2D eigenvalue weighted by atomic mass is 16.2. The van der Waals surface area contributed by atoms with Gasteiger partial charge in [-0.2, -0.15) is 0 Å². The molecule has 1 atom stereocenters. The van der Waals surface area contributed by atoms with Crippen LogP contribution in [0.3, 0.4) is 0 Å². The van der Waals surface area contributed by atoms with Crippen LogP contribution in [-0.4, -0.2) is 36.5 Å². The number of carbonyl (C=O) groups is 1. The van der Waals surface area contributed by atoms with Gasteiger partial charge in [0, 0.05) is 24.8 Å². The van der Waals surface area contributed by atoms with E-state index in [1.807, 2.05) is 18.2 Å². The van der Waals surface area contributed by atoms with Crippen molar-refractivity contribution in [3.63, 3.8) is 0 Å². The molecule has 1 aliphatic rings. The van der Waals surface area contributed by atoms with Crippen molar-refractivity contribution in [1.29, 1.82) is 0 Å². The van der Waals surface area contributed by atoms with E-state index >= 15 is 0 Å². The second-order valence-corrected chi connectivity index (χ2v) is 7.38. The minimum Gasteiger partial charge on any atom is -0.327 e. The molecule has 1 amide bonds. The van der Waals surface area contributed by atoms with Gasteiger partial charge in [-0.15, -0.1) is 0 Å². The highest BCUT2D eigenvalue weighted by molar-refractivity contribution is 5.93. The number of carbonyl (C=O) groups excluding carboxylic acids is 1. The van der Waals surface area contributed by atoms with E-state index in [1.165, 1.54) is 5.56 Å². The number of amides is 1. The molecule has 4 heteroatoms. The lowest BCUT2D eigenvalue weighted by Crippen LogP contribution is -2.53. The molecule has 1 aromatic rings. The maximum absolute atomic E-state index is 12.4. The van der Waals surface area contributed by atoms with E-state index in [4.69, 9.17) is 5.73 Å². The van der Waals surface area contributed by atoms with Crippen molar-refractivity contribution >= 4 is 11.6 Å². The Morgan fingerprint density at radius 1 is 1.41 bits per heavy atom. The minimum absolute atomic E-state index is 0.0550. The average molecular weight is 303 g/mol. The Kier molecular flexibility index (Phi) is 5.24. The molecule has 2 rings (SSSR count). The maximum atomic E-state index is 12.4. The molecule has 0 bridgehead atoms. The smallest absolute Gasteiger partial charge is 0.238 e. The molecule has 1 heterocycles. The molecule has 122 valence electrons. The first-order valence-corrected chi connectivity index (χ1v) is 8.16. The number of anilines is 1. The Labute approximate surface area is 134 Å². The quantitative estimate of drug-likeness (QED) is 0.899. The predicted molar refractivity (Wildman–Crippen MR) is 92.0 cm³/mol. The Bertz CT molecular complexity index is 525. The fourth-order valence-corrected chi connectivity index (χ4v) is 3.13. The molecule has 1 aromatic carbocycles. The van der Waals surface area contributed by atoms with Crippen molar-refractivity contribution in [1.82, 2.24) is 4.90 Å². The number of nitrogens with zero attached hydrogens (tertiary/aromatic N) is 1. The van der Waals surface area contributed by atoms with E-state index in [1.54, 1.807) is 0 Å². The van der Waals surface area contributed by atoms with E-state index < -0.39 is 0 Å². The third kappa shape index (κ3) is 4.08. The number of nitrogens with one attached hydrogen (secondary N) is 1. The first-order valence-electron chi connectivity index (χ1n) is 8.16. The number of hydrogen-bond acceptors (Lipinski definition) is 3. The van der Waals surface area contributed by atoms with Crippen molar-refractivity contribution in [3.8, 4) is 0 Å². The van der Waals surface area contributed by atoms with Crippen LogP contribution in [0.4, 0.5) is 5.69 Å². The van der Waals surface area contributed by atoms with Crippen LogP contribution in [0.5, 0.6) is 0 Å². The van der Waals surface area contributed by atoms with Crippen LogP contribution in [0.15, 0.2) is 24.3 Å². The molecular weight excluding hydrogens is 274 g/mol. The lowest BCUT2D eigenvalue weighted by molar-refractivity contribution is -0.118. The summed E-state index contributed by atoms with van der Waals surface area (Å²) in [5.41, 5.74) is 8.32. The highest BCUT2D eigenvalue weighted by Gasteiger charge is 2.33. The number of rotatable bonds is 4. The molecule has 0 aliphatic carbocycles. The molecule has 0 spiro atoms. The molecule has 1 aliphatic heterocycles. The number of benzene rings is 1. The largest absolute Gasteiger partial charge is 0.327 e. The third-order valence-electron chi connectivity index (χ3n) is 4.62. The minimum atomic E-state index is 0.0550. The van der Waals surface area contributed by atoms with Gasteiger partial charge < -0.3 is 11.1 Å². The summed E-state index contributed by atoms with van der Waals surface area (Å²) in [5.74, 6) is 0.447. The molecule has 0 saturated carbocycles. The van der Waals surface area contributed by atoms with E-state index in [-0.39, 0.29) is 17.4 Å². The number of likely N-dealkylation sites (tertiary alicyclic amines) is 1. The SMILES string of the molecule is CC(C)c1ccccc1NC(=O)CN1CCC(N)C(C)(C)C1. The zero-order valence-corrected chi connectivity index (χ0v) is 14.2. The van der Waals surface area contributed by atoms with Crippen molar-refractivity contribution in [3.05, 3.63) is 29.8 Å².